The van der Waals surface area contributed by atoms with E-state index in [1.807, 2.05) is 37.3 Å². The fourth-order valence-electron chi connectivity index (χ4n) is 3.77. The predicted octanol–water partition coefficient (Wildman–Crippen LogP) is 2.94. The summed E-state index contributed by atoms with van der Waals surface area (Å²) in [7, 11) is 1.71. The Bertz CT molecular complexity index is 1060. The minimum atomic E-state index is -0.0741. The minimum absolute atomic E-state index is 0.0741. The van der Waals surface area contributed by atoms with Gasteiger partial charge in [0, 0.05) is 42.8 Å². The molecule has 0 bridgehead atoms. The molecule has 7 heteroatoms. The van der Waals surface area contributed by atoms with Crippen molar-refractivity contribution in [3.63, 3.8) is 0 Å². The lowest BCUT2D eigenvalue weighted by atomic mass is 9.92. The van der Waals surface area contributed by atoms with Gasteiger partial charge in [-0.15, -0.1) is 0 Å². The molecular weight excluding hydrogens is 374 g/mol. The van der Waals surface area contributed by atoms with Crippen LogP contribution in [0.25, 0.3) is 11.3 Å². The van der Waals surface area contributed by atoms with Crippen LogP contribution in [0.5, 0.6) is 0 Å². The number of allylic oxidation sites excluding steroid dienone is 2. The second-order valence-electron chi connectivity index (χ2n) is 7.18. The van der Waals surface area contributed by atoms with E-state index in [4.69, 9.17) is 17.3 Å². The van der Waals surface area contributed by atoms with Gasteiger partial charge in [0.2, 0.25) is 0 Å². The number of nitrogens with two attached hydrogens (primary N) is 3. The first-order valence-corrected chi connectivity index (χ1v) is 9.73. The summed E-state index contributed by atoms with van der Waals surface area (Å²) >= 11 is 0. The van der Waals surface area contributed by atoms with E-state index in [1.54, 1.807) is 30.5 Å². The Morgan fingerprint density at radius 2 is 2.07 bits per heavy atom. The molecule has 0 radical (unpaired) electrons. The Kier molecular flexibility index (Phi) is 6.40. The van der Waals surface area contributed by atoms with Gasteiger partial charge in [-0.3, -0.25) is 4.99 Å². The fraction of sp³-hybridized carbons (Fsp3) is 0.217. The van der Waals surface area contributed by atoms with Gasteiger partial charge in [0.1, 0.15) is 6.07 Å². The van der Waals surface area contributed by atoms with Crippen LogP contribution in [0.1, 0.15) is 41.6 Å². The SMILES string of the molecule is CN=CC(=CN)c1ccc2c(c1)C(Nc1ccccc1C#N)CCN(N)/C2=C(/C)N. The molecule has 1 aliphatic rings. The number of fused-ring (bicyclic) bond motifs is 1. The molecule has 7 N–H and O–H groups in total. The summed E-state index contributed by atoms with van der Waals surface area (Å²) in [5.41, 5.74) is 18.6. The number of nitriles is 1. The lowest BCUT2D eigenvalue weighted by Gasteiger charge is -2.22. The van der Waals surface area contributed by atoms with Crippen molar-refractivity contribution in [3.05, 3.63) is 76.6 Å². The number of aliphatic imine (C=N–C) groups is 1. The highest BCUT2D eigenvalue weighted by Gasteiger charge is 2.26. The minimum Gasteiger partial charge on any atom is -0.404 e. The molecule has 2 aromatic carbocycles. The number of hydrogen-bond donors (Lipinski definition) is 4. The normalized spacial score (nSPS) is 18.5. The molecule has 7 nitrogen and oxygen atoms in total. The zero-order valence-electron chi connectivity index (χ0n) is 17.3. The second kappa shape index (κ2) is 9.16. The number of benzene rings is 2. The molecule has 0 fully saturated rings. The summed E-state index contributed by atoms with van der Waals surface area (Å²) in [6, 6.07) is 15.7. The number of hydrogen-bond acceptors (Lipinski definition) is 7. The second-order valence-corrected chi connectivity index (χ2v) is 7.18. The monoisotopic (exact) mass is 401 g/mol. The van der Waals surface area contributed by atoms with E-state index < -0.39 is 0 Å². The zero-order valence-corrected chi connectivity index (χ0v) is 17.3. The maximum Gasteiger partial charge on any atom is 0.101 e. The van der Waals surface area contributed by atoms with Crippen molar-refractivity contribution in [3.8, 4) is 6.07 Å². The maximum absolute atomic E-state index is 9.49. The fourth-order valence-corrected chi connectivity index (χ4v) is 3.77. The third-order valence-electron chi connectivity index (χ3n) is 5.16. The average Bonchev–Trinajstić information content (AvgIpc) is 2.88. The molecular formula is C23H27N7. The Hall–Kier alpha value is -3.76. The van der Waals surface area contributed by atoms with Gasteiger partial charge in [-0.1, -0.05) is 24.3 Å². The highest BCUT2D eigenvalue weighted by atomic mass is 15.4. The van der Waals surface area contributed by atoms with Crippen LogP contribution in [0, 0.1) is 11.3 Å². The Labute approximate surface area is 177 Å². The Balaban J connectivity index is 2.17. The largest absolute Gasteiger partial charge is 0.404 e. The molecule has 0 aliphatic carbocycles. The smallest absolute Gasteiger partial charge is 0.101 e. The van der Waals surface area contributed by atoms with E-state index in [0.29, 0.717) is 17.8 Å². The Morgan fingerprint density at radius 3 is 2.73 bits per heavy atom. The molecule has 154 valence electrons. The van der Waals surface area contributed by atoms with E-state index >= 15 is 0 Å². The molecule has 1 aliphatic heterocycles. The van der Waals surface area contributed by atoms with Crippen LogP contribution in [0.15, 0.2) is 59.4 Å². The van der Waals surface area contributed by atoms with Crippen LogP contribution in [0.2, 0.25) is 0 Å². The van der Waals surface area contributed by atoms with E-state index in [1.165, 1.54) is 0 Å². The van der Waals surface area contributed by atoms with Crippen molar-refractivity contribution < 1.29 is 0 Å². The van der Waals surface area contributed by atoms with Crippen molar-refractivity contribution >= 4 is 23.2 Å². The van der Waals surface area contributed by atoms with Gasteiger partial charge in [-0.25, -0.2) is 5.84 Å². The molecule has 0 aromatic heterocycles. The van der Waals surface area contributed by atoms with Gasteiger partial charge in [0.15, 0.2) is 0 Å². The van der Waals surface area contributed by atoms with E-state index in [0.717, 1.165) is 40.1 Å². The van der Waals surface area contributed by atoms with Crippen LogP contribution < -0.4 is 22.6 Å². The summed E-state index contributed by atoms with van der Waals surface area (Å²) in [6.07, 6.45) is 4.00. The number of anilines is 1. The molecule has 1 heterocycles. The van der Waals surface area contributed by atoms with Crippen LogP contribution >= 0.6 is 0 Å². The van der Waals surface area contributed by atoms with Gasteiger partial charge in [0.25, 0.3) is 0 Å². The molecule has 0 saturated carbocycles. The highest BCUT2D eigenvalue weighted by Crippen LogP contribution is 2.36. The first-order valence-electron chi connectivity index (χ1n) is 9.73. The first-order chi connectivity index (χ1) is 14.5. The van der Waals surface area contributed by atoms with Crippen molar-refractivity contribution in [1.29, 1.82) is 5.26 Å². The summed E-state index contributed by atoms with van der Waals surface area (Å²) < 4.78 is 0. The molecule has 2 aromatic rings. The van der Waals surface area contributed by atoms with Gasteiger partial charge in [-0.05, 0) is 42.7 Å². The molecule has 1 unspecified atom stereocenters. The van der Waals surface area contributed by atoms with Gasteiger partial charge < -0.3 is 21.8 Å². The number of nitrogens with one attached hydrogen (secondary N) is 1. The predicted molar refractivity (Wildman–Crippen MR) is 123 cm³/mol. The lowest BCUT2D eigenvalue weighted by molar-refractivity contribution is 0.402. The molecule has 0 spiro atoms. The third-order valence-corrected chi connectivity index (χ3v) is 5.16. The van der Waals surface area contributed by atoms with Crippen molar-refractivity contribution in [2.75, 3.05) is 18.9 Å². The average molecular weight is 402 g/mol. The Morgan fingerprint density at radius 1 is 1.30 bits per heavy atom. The highest BCUT2D eigenvalue weighted by molar-refractivity contribution is 6.09. The summed E-state index contributed by atoms with van der Waals surface area (Å²) in [6.45, 7) is 2.46. The number of para-hydroxylation sites is 1. The van der Waals surface area contributed by atoms with Crippen LogP contribution in [0.4, 0.5) is 5.69 Å². The van der Waals surface area contributed by atoms with E-state index in [9.17, 15) is 5.26 Å². The van der Waals surface area contributed by atoms with Crippen molar-refractivity contribution in [2.45, 2.75) is 19.4 Å². The van der Waals surface area contributed by atoms with Crippen molar-refractivity contribution in [2.24, 2.45) is 22.3 Å². The third kappa shape index (κ3) is 4.14. The number of hydrazine groups is 1. The van der Waals surface area contributed by atoms with E-state index in [2.05, 4.69) is 22.4 Å². The number of nitrogens with zero attached hydrogens (tertiary/aromatic N) is 3. The van der Waals surface area contributed by atoms with Crippen LogP contribution in [-0.2, 0) is 0 Å². The van der Waals surface area contributed by atoms with Crippen molar-refractivity contribution in [1.82, 2.24) is 5.01 Å². The standard InChI is InChI=1S/C23H27N7/c1-15(26)23-19-8-7-16(18(13-25)14-28-2)11-20(19)22(9-10-30(23)27)29-21-6-4-3-5-17(21)12-24/h3-8,11,13-14,22,29H,9-10,25-27H2,1-2H3/b18-13?,23-15-,28-14?. The molecule has 0 amide bonds. The quantitative estimate of drug-likeness (QED) is 0.460. The zero-order chi connectivity index (χ0) is 21.7. The number of rotatable bonds is 4. The lowest BCUT2D eigenvalue weighted by Crippen LogP contribution is -2.31. The maximum atomic E-state index is 9.49. The summed E-state index contributed by atoms with van der Waals surface area (Å²) in [5.74, 6) is 6.34. The summed E-state index contributed by atoms with van der Waals surface area (Å²) in [4.78, 5) is 4.10. The topological polar surface area (TPSA) is 129 Å². The van der Waals surface area contributed by atoms with Gasteiger partial charge in [0.05, 0.1) is 23.0 Å². The molecule has 30 heavy (non-hydrogen) atoms. The van der Waals surface area contributed by atoms with Crippen LogP contribution in [0.3, 0.4) is 0 Å². The first kappa shape index (κ1) is 21.0. The summed E-state index contributed by atoms with van der Waals surface area (Å²) in [5, 5.41) is 14.7. The molecule has 1 atom stereocenters. The van der Waals surface area contributed by atoms with Gasteiger partial charge in [-0.2, -0.15) is 5.26 Å². The molecule has 3 rings (SSSR count). The van der Waals surface area contributed by atoms with Gasteiger partial charge >= 0.3 is 0 Å². The molecule has 0 saturated heterocycles. The van der Waals surface area contributed by atoms with Crippen LogP contribution in [-0.4, -0.2) is 24.8 Å². The van der Waals surface area contributed by atoms with E-state index in [-0.39, 0.29) is 6.04 Å².